The highest BCUT2D eigenvalue weighted by atomic mass is 14.5. The molecule has 0 spiro atoms. The van der Waals surface area contributed by atoms with E-state index in [2.05, 4.69) is 125 Å². The molecule has 32 heavy (non-hydrogen) atoms. The van der Waals surface area contributed by atoms with Crippen LogP contribution in [0.2, 0.25) is 0 Å². The van der Waals surface area contributed by atoms with Crippen molar-refractivity contribution < 1.29 is 0 Å². The molecule has 0 aromatic heterocycles. The van der Waals surface area contributed by atoms with Crippen LogP contribution >= 0.6 is 0 Å². The van der Waals surface area contributed by atoms with Crippen molar-refractivity contribution >= 4 is 0 Å². The number of rotatable bonds is 4. The molecule has 0 heteroatoms. The summed E-state index contributed by atoms with van der Waals surface area (Å²) in [7, 11) is 0. The lowest BCUT2D eigenvalue weighted by Crippen LogP contribution is -2.25. The van der Waals surface area contributed by atoms with Gasteiger partial charge in [0, 0.05) is 10.8 Å². The van der Waals surface area contributed by atoms with Crippen LogP contribution in [0.15, 0.2) is 108 Å². The van der Waals surface area contributed by atoms with Gasteiger partial charge in [0.2, 0.25) is 0 Å². The van der Waals surface area contributed by atoms with Crippen LogP contribution in [0.25, 0.3) is 0 Å². The molecule has 0 nitrogen and oxygen atoms in total. The van der Waals surface area contributed by atoms with Gasteiger partial charge in [-0.2, -0.15) is 0 Å². The summed E-state index contributed by atoms with van der Waals surface area (Å²) < 4.78 is 0. The van der Waals surface area contributed by atoms with Gasteiger partial charge in [-0.25, -0.2) is 0 Å². The zero-order chi connectivity index (χ0) is 22.5. The minimum atomic E-state index is -0.0254. The molecular formula is C32H34. The van der Waals surface area contributed by atoms with Gasteiger partial charge < -0.3 is 0 Å². The van der Waals surface area contributed by atoms with E-state index in [1.165, 1.54) is 22.3 Å². The Morgan fingerprint density at radius 2 is 0.938 bits per heavy atom. The maximum absolute atomic E-state index is 6.98. The van der Waals surface area contributed by atoms with Crippen LogP contribution in [0.1, 0.15) is 38.8 Å². The molecule has 0 N–H and O–H groups in total. The van der Waals surface area contributed by atoms with Crippen molar-refractivity contribution in [2.24, 2.45) is 29.6 Å². The van der Waals surface area contributed by atoms with E-state index in [1.54, 1.807) is 0 Å². The Balaban J connectivity index is 1.45. The zero-order valence-electron chi connectivity index (χ0n) is 19.7. The van der Waals surface area contributed by atoms with Crippen molar-refractivity contribution in [3.63, 3.8) is 0 Å². The Kier molecular flexibility index (Phi) is 5.16. The van der Waals surface area contributed by atoms with Crippen LogP contribution in [-0.4, -0.2) is 0 Å². The molecule has 0 aliphatic heterocycles. The molecule has 0 heterocycles. The second-order valence-electron chi connectivity index (χ2n) is 10.8. The highest BCUT2D eigenvalue weighted by Gasteiger charge is 2.47. The maximum atomic E-state index is 6.98. The first-order valence-corrected chi connectivity index (χ1v) is 12.0. The molecule has 0 amide bonds. The van der Waals surface area contributed by atoms with E-state index >= 15 is 0 Å². The summed E-state index contributed by atoms with van der Waals surface area (Å²) >= 11 is 0. The number of allylic oxidation sites excluding steroid dienone is 8. The fourth-order valence-corrected chi connectivity index (χ4v) is 6.07. The first kappa shape index (κ1) is 21.3. The smallest absolute Gasteiger partial charge is 0.0143 e. The predicted octanol–water partition coefficient (Wildman–Crippen LogP) is 7.74. The lowest BCUT2D eigenvalue weighted by molar-refractivity contribution is 0.448. The highest BCUT2D eigenvalue weighted by molar-refractivity contribution is 5.47. The minimum absolute atomic E-state index is 0.0254. The minimum Gasteiger partial charge on any atom is -0.0799 e. The van der Waals surface area contributed by atoms with E-state index in [4.69, 9.17) is 6.92 Å². The van der Waals surface area contributed by atoms with E-state index in [-0.39, 0.29) is 16.7 Å². The molecule has 5 rings (SSSR count). The van der Waals surface area contributed by atoms with E-state index in [9.17, 15) is 0 Å². The van der Waals surface area contributed by atoms with Gasteiger partial charge in [0.15, 0.2) is 0 Å². The summed E-state index contributed by atoms with van der Waals surface area (Å²) in [6.07, 6.45) is 14.6. The van der Waals surface area contributed by atoms with Gasteiger partial charge in [-0.1, -0.05) is 125 Å². The van der Waals surface area contributed by atoms with E-state index in [1.807, 2.05) is 0 Å². The molecule has 2 aromatic rings. The first-order chi connectivity index (χ1) is 15.3. The summed E-state index contributed by atoms with van der Waals surface area (Å²) in [5, 5.41) is 0. The SMILES string of the molecule is [CH]C1C2C=C(C(C)(C)c3ccccc3)C=CC2C2C=CC(C(C)(C)c3ccccc3)=CC12. The molecule has 4 atom stereocenters. The Bertz CT molecular complexity index is 1000. The average Bonchev–Trinajstić information content (AvgIpc) is 3.11. The molecular weight excluding hydrogens is 384 g/mol. The molecule has 2 radical (unpaired) electrons. The average molecular weight is 419 g/mol. The van der Waals surface area contributed by atoms with Gasteiger partial charge >= 0.3 is 0 Å². The van der Waals surface area contributed by atoms with E-state index in [0.29, 0.717) is 23.7 Å². The molecule has 1 saturated carbocycles. The van der Waals surface area contributed by atoms with Crippen LogP contribution in [0.4, 0.5) is 0 Å². The molecule has 0 saturated heterocycles. The van der Waals surface area contributed by atoms with E-state index in [0.717, 1.165) is 0 Å². The van der Waals surface area contributed by atoms with Gasteiger partial charge in [-0.3, -0.25) is 0 Å². The molecule has 0 bridgehead atoms. The van der Waals surface area contributed by atoms with Crippen molar-refractivity contribution in [2.75, 3.05) is 0 Å². The first-order valence-electron chi connectivity index (χ1n) is 12.0. The molecule has 3 aliphatic rings. The number of fused-ring (bicyclic) bond motifs is 3. The fraction of sp³-hybridized carbons (Fsp3) is 0.344. The molecule has 162 valence electrons. The maximum Gasteiger partial charge on any atom is 0.0143 e. The Morgan fingerprint density at radius 1 is 0.562 bits per heavy atom. The summed E-state index contributed by atoms with van der Waals surface area (Å²) in [6.45, 7) is 16.3. The summed E-state index contributed by atoms with van der Waals surface area (Å²) in [4.78, 5) is 0. The van der Waals surface area contributed by atoms with Crippen molar-refractivity contribution in [1.82, 2.24) is 0 Å². The van der Waals surface area contributed by atoms with Crippen molar-refractivity contribution in [1.29, 1.82) is 0 Å². The Hall–Kier alpha value is -2.60. The number of benzene rings is 2. The van der Waals surface area contributed by atoms with Gasteiger partial charge in [0.05, 0.1) is 0 Å². The van der Waals surface area contributed by atoms with E-state index < -0.39 is 0 Å². The van der Waals surface area contributed by atoms with Crippen LogP contribution in [0.5, 0.6) is 0 Å². The number of hydrogen-bond donors (Lipinski definition) is 0. The zero-order valence-corrected chi connectivity index (χ0v) is 19.7. The third kappa shape index (κ3) is 3.36. The van der Waals surface area contributed by atoms with Gasteiger partial charge in [0.25, 0.3) is 0 Å². The van der Waals surface area contributed by atoms with Gasteiger partial charge in [0.1, 0.15) is 0 Å². The standard InChI is InChI=1S/C32H34/c1-22-29-20-25(31(2,3)23-12-8-6-9-13-23)16-18-27(29)28-19-17-26(21-30(22)28)32(4,5)24-14-10-7-11-15-24/h1,6-22,27-30H,2-5H3. The quantitative estimate of drug-likeness (QED) is 0.476. The Morgan fingerprint density at radius 3 is 1.31 bits per heavy atom. The van der Waals surface area contributed by atoms with Crippen molar-refractivity contribution in [3.8, 4) is 0 Å². The third-order valence-corrected chi connectivity index (χ3v) is 8.40. The lowest BCUT2D eigenvalue weighted by atomic mass is 9.71. The van der Waals surface area contributed by atoms with Gasteiger partial charge in [-0.15, -0.1) is 0 Å². The predicted molar refractivity (Wildman–Crippen MR) is 135 cm³/mol. The lowest BCUT2D eigenvalue weighted by Gasteiger charge is -2.33. The molecule has 4 unspecified atom stereocenters. The molecule has 1 fully saturated rings. The second kappa shape index (κ2) is 7.77. The highest BCUT2D eigenvalue weighted by Crippen LogP contribution is 2.54. The topological polar surface area (TPSA) is 0 Å². The van der Waals surface area contributed by atoms with Crippen molar-refractivity contribution in [2.45, 2.75) is 38.5 Å². The molecule has 3 aliphatic carbocycles. The summed E-state index contributed by atoms with van der Waals surface area (Å²) in [5.74, 6) is 1.88. The fourth-order valence-electron chi connectivity index (χ4n) is 6.07. The van der Waals surface area contributed by atoms with Crippen LogP contribution < -0.4 is 0 Å². The largest absolute Gasteiger partial charge is 0.0799 e. The van der Waals surface area contributed by atoms with Crippen LogP contribution in [0.3, 0.4) is 0 Å². The van der Waals surface area contributed by atoms with Crippen molar-refractivity contribution in [3.05, 3.63) is 126 Å². The summed E-state index contributed by atoms with van der Waals surface area (Å²) in [6, 6.07) is 21.6. The van der Waals surface area contributed by atoms with Gasteiger partial charge in [-0.05, 0) is 58.8 Å². The monoisotopic (exact) mass is 418 g/mol. The van der Waals surface area contributed by atoms with Crippen LogP contribution in [-0.2, 0) is 10.8 Å². The normalized spacial score (nSPS) is 29.2. The molecule has 2 aromatic carbocycles. The third-order valence-electron chi connectivity index (χ3n) is 8.40. The van der Waals surface area contributed by atoms with Crippen LogP contribution in [0, 0.1) is 36.5 Å². The second-order valence-corrected chi connectivity index (χ2v) is 10.8. The Labute approximate surface area is 194 Å². The summed E-state index contributed by atoms with van der Waals surface area (Å²) in [5.41, 5.74) is 5.42. The number of hydrogen-bond acceptors (Lipinski definition) is 0.